The number of amides is 2. The second-order valence-electron chi connectivity index (χ2n) is 6.80. The van der Waals surface area contributed by atoms with Crippen molar-refractivity contribution in [3.63, 3.8) is 0 Å². The van der Waals surface area contributed by atoms with E-state index in [1.54, 1.807) is 6.33 Å². The lowest BCUT2D eigenvalue weighted by molar-refractivity contribution is 0.174. The van der Waals surface area contributed by atoms with Crippen molar-refractivity contribution in [2.75, 3.05) is 30.4 Å². The Kier molecular flexibility index (Phi) is 5.21. The van der Waals surface area contributed by atoms with Gasteiger partial charge in [0.2, 0.25) is 0 Å². The molecule has 1 aromatic heterocycles. The summed E-state index contributed by atoms with van der Waals surface area (Å²) in [5.41, 5.74) is 1.91. The van der Waals surface area contributed by atoms with E-state index in [-0.39, 0.29) is 12.1 Å². The Morgan fingerprint density at radius 2 is 2.24 bits per heavy atom. The van der Waals surface area contributed by atoms with Crippen LogP contribution in [0.25, 0.3) is 0 Å². The van der Waals surface area contributed by atoms with Gasteiger partial charge in [0.1, 0.15) is 12.7 Å². The van der Waals surface area contributed by atoms with Crippen molar-refractivity contribution in [3.8, 4) is 0 Å². The Morgan fingerprint density at radius 1 is 1.40 bits per heavy atom. The molecule has 1 fully saturated rings. The van der Waals surface area contributed by atoms with E-state index >= 15 is 0 Å². The van der Waals surface area contributed by atoms with Crippen molar-refractivity contribution in [2.24, 2.45) is 0 Å². The third kappa shape index (κ3) is 4.10. The molecular weight excluding hydrogens is 316 g/mol. The number of piperidine rings is 1. The molecule has 0 spiro atoms. The summed E-state index contributed by atoms with van der Waals surface area (Å²) in [5.74, 6) is 0. The van der Waals surface area contributed by atoms with E-state index in [0.717, 1.165) is 30.8 Å². The predicted molar refractivity (Wildman–Crippen MR) is 98.9 cm³/mol. The summed E-state index contributed by atoms with van der Waals surface area (Å²) in [4.78, 5) is 20.7. The van der Waals surface area contributed by atoms with Gasteiger partial charge in [-0.1, -0.05) is 6.07 Å². The van der Waals surface area contributed by atoms with Crippen molar-refractivity contribution in [1.82, 2.24) is 19.7 Å². The molecule has 1 atom stereocenters. The molecular formula is C18H26N6O. The van der Waals surface area contributed by atoms with Gasteiger partial charge in [0, 0.05) is 37.6 Å². The average Bonchev–Trinajstić information content (AvgIpc) is 3.16. The molecule has 1 saturated heterocycles. The molecule has 0 aliphatic carbocycles. The highest BCUT2D eigenvalue weighted by atomic mass is 16.2. The van der Waals surface area contributed by atoms with Gasteiger partial charge in [-0.15, -0.1) is 0 Å². The zero-order valence-electron chi connectivity index (χ0n) is 15.1. The molecule has 1 aromatic carbocycles. The summed E-state index contributed by atoms with van der Waals surface area (Å²) in [6, 6.07) is 8.49. The first-order valence-electron chi connectivity index (χ1n) is 8.77. The van der Waals surface area contributed by atoms with E-state index in [4.69, 9.17) is 0 Å². The number of hydrogen-bond acceptors (Lipinski definition) is 4. The lowest BCUT2D eigenvalue weighted by Gasteiger charge is -2.32. The highest BCUT2D eigenvalue weighted by Crippen LogP contribution is 2.23. The molecule has 7 nitrogen and oxygen atoms in total. The van der Waals surface area contributed by atoms with Gasteiger partial charge in [-0.2, -0.15) is 5.10 Å². The van der Waals surface area contributed by atoms with Crippen molar-refractivity contribution in [3.05, 3.63) is 36.9 Å². The van der Waals surface area contributed by atoms with Crippen LogP contribution >= 0.6 is 0 Å². The first kappa shape index (κ1) is 17.3. The van der Waals surface area contributed by atoms with E-state index < -0.39 is 0 Å². The zero-order valence-corrected chi connectivity index (χ0v) is 15.1. The third-order valence-corrected chi connectivity index (χ3v) is 4.77. The number of rotatable bonds is 4. The van der Waals surface area contributed by atoms with E-state index in [2.05, 4.69) is 47.3 Å². The zero-order chi connectivity index (χ0) is 17.8. The van der Waals surface area contributed by atoms with E-state index in [1.165, 1.54) is 6.33 Å². The van der Waals surface area contributed by atoms with Crippen molar-refractivity contribution in [2.45, 2.75) is 38.8 Å². The summed E-state index contributed by atoms with van der Waals surface area (Å²) in [7, 11) is 2.05. The highest BCUT2D eigenvalue weighted by Gasteiger charge is 2.25. The number of carbonyl (C=O) groups is 1. The maximum absolute atomic E-state index is 12.7. The molecule has 0 radical (unpaired) electrons. The SMILES string of the molecule is CC(C)N(C)c1cccc(NC(=O)N2CCCC(n3cncn3)C2)c1. The summed E-state index contributed by atoms with van der Waals surface area (Å²) >= 11 is 0. The smallest absolute Gasteiger partial charge is 0.321 e. The quantitative estimate of drug-likeness (QED) is 0.927. The van der Waals surface area contributed by atoms with E-state index in [1.807, 2.05) is 27.8 Å². The van der Waals surface area contributed by atoms with Gasteiger partial charge in [0.05, 0.1) is 6.04 Å². The number of aromatic nitrogens is 3. The van der Waals surface area contributed by atoms with Crippen LogP contribution < -0.4 is 10.2 Å². The van der Waals surface area contributed by atoms with Crippen LogP contribution in [0.5, 0.6) is 0 Å². The van der Waals surface area contributed by atoms with Crippen molar-refractivity contribution >= 4 is 17.4 Å². The summed E-state index contributed by atoms with van der Waals surface area (Å²) in [6.45, 7) is 5.70. The Morgan fingerprint density at radius 3 is 2.96 bits per heavy atom. The maximum atomic E-state index is 12.7. The number of anilines is 2. The minimum atomic E-state index is -0.0610. The van der Waals surface area contributed by atoms with Crippen LogP contribution in [0.3, 0.4) is 0 Å². The molecule has 7 heteroatoms. The van der Waals surface area contributed by atoms with Crippen LogP contribution in [-0.2, 0) is 0 Å². The molecule has 25 heavy (non-hydrogen) atoms. The van der Waals surface area contributed by atoms with Gasteiger partial charge in [0.15, 0.2) is 0 Å². The van der Waals surface area contributed by atoms with Gasteiger partial charge in [-0.3, -0.25) is 0 Å². The maximum Gasteiger partial charge on any atom is 0.321 e. The molecule has 3 rings (SSSR count). The van der Waals surface area contributed by atoms with Gasteiger partial charge < -0.3 is 15.1 Å². The summed E-state index contributed by atoms with van der Waals surface area (Å²) in [6.07, 6.45) is 5.24. The topological polar surface area (TPSA) is 66.3 Å². The number of likely N-dealkylation sites (tertiary alicyclic amines) is 1. The number of carbonyl (C=O) groups excluding carboxylic acids is 1. The van der Waals surface area contributed by atoms with Crippen LogP contribution in [0.2, 0.25) is 0 Å². The first-order valence-corrected chi connectivity index (χ1v) is 8.77. The predicted octanol–water partition coefficient (Wildman–Crippen LogP) is 2.99. The molecule has 1 unspecified atom stereocenters. The average molecular weight is 342 g/mol. The molecule has 1 aliphatic heterocycles. The summed E-state index contributed by atoms with van der Waals surface area (Å²) in [5, 5.41) is 7.23. The lowest BCUT2D eigenvalue weighted by Crippen LogP contribution is -2.43. The third-order valence-electron chi connectivity index (χ3n) is 4.77. The highest BCUT2D eigenvalue weighted by molar-refractivity contribution is 5.90. The standard InChI is InChI=1S/C18H26N6O/c1-14(2)22(3)16-7-4-6-15(10-16)21-18(25)23-9-5-8-17(11-23)24-13-19-12-20-24/h4,6-7,10,12-14,17H,5,8-9,11H2,1-3H3,(H,21,25). The molecule has 2 aromatic rings. The fourth-order valence-electron chi connectivity index (χ4n) is 3.06. The number of nitrogens with one attached hydrogen (secondary N) is 1. The number of nitrogens with zero attached hydrogens (tertiary/aromatic N) is 5. The Hall–Kier alpha value is -2.57. The van der Waals surface area contributed by atoms with Crippen LogP contribution in [0.1, 0.15) is 32.7 Å². The largest absolute Gasteiger partial charge is 0.372 e. The molecule has 2 amide bonds. The minimum Gasteiger partial charge on any atom is -0.372 e. The molecule has 134 valence electrons. The molecule has 0 bridgehead atoms. The van der Waals surface area contributed by atoms with Crippen molar-refractivity contribution < 1.29 is 4.79 Å². The van der Waals surface area contributed by atoms with Crippen LogP contribution in [0.15, 0.2) is 36.9 Å². The van der Waals surface area contributed by atoms with Gasteiger partial charge in [0.25, 0.3) is 0 Å². The first-order chi connectivity index (χ1) is 12.0. The fraction of sp³-hybridized carbons (Fsp3) is 0.500. The summed E-state index contributed by atoms with van der Waals surface area (Å²) < 4.78 is 1.84. The number of benzene rings is 1. The van der Waals surface area contributed by atoms with Crippen LogP contribution in [-0.4, -0.2) is 51.9 Å². The minimum absolute atomic E-state index is 0.0610. The normalized spacial score (nSPS) is 17.6. The van der Waals surface area contributed by atoms with Gasteiger partial charge in [-0.25, -0.2) is 14.5 Å². The van der Waals surface area contributed by atoms with Crippen LogP contribution in [0.4, 0.5) is 16.2 Å². The number of urea groups is 1. The Bertz CT molecular complexity index is 699. The molecule has 1 N–H and O–H groups in total. The lowest BCUT2D eigenvalue weighted by atomic mass is 10.1. The van der Waals surface area contributed by atoms with Gasteiger partial charge >= 0.3 is 6.03 Å². The van der Waals surface area contributed by atoms with E-state index in [0.29, 0.717) is 12.6 Å². The second kappa shape index (κ2) is 7.55. The van der Waals surface area contributed by atoms with Gasteiger partial charge in [-0.05, 0) is 44.9 Å². The molecule has 1 aliphatic rings. The Balaban J connectivity index is 1.65. The fourth-order valence-corrected chi connectivity index (χ4v) is 3.06. The second-order valence-corrected chi connectivity index (χ2v) is 6.80. The van der Waals surface area contributed by atoms with E-state index in [9.17, 15) is 4.79 Å². The molecule has 0 saturated carbocycles. The van der Waals surface area contributed by atoms with Crippen LogP contribution in [0, 0.1) is 0 Å². The molecule has 2 heterocycles. The monoisotopic (exact) mass is 342 g/mol. The number of hydrogen-bond donors (Lipinski definition) is 1. The Labute approximate surface area is 148 Å². The van der Waals surface area contributed by atoms with Crippen molar-refractivity contribution in [1.29, 1.82) is 0 Å².